The summed E-state index contributed by atoms with van der Waals surface area (Å²) >= 11 is 0. The van der Waals surface area contributed by atoms with E-state index in [2.05, 4.69) is 10.2 Å². The van der Waals surface area contributed by atoms with Gasteiger partial charge in [0.2, 0.25) is 5.91 Å². The summed E-state index contributed by atoms with van der Waals surface area (Å²) in [4.78, 5) is 13.5. The SMILES string of the molecule is COc1ccc(OCCCN2CCNC(=O)CC2)cc1. The Morgan fingerprint density at radius 3 is 2.70 bits per heavy atom. The maximum Gasteiger partial charge on any atom is 0.221 e. The highest BCUT2D eigenvalue weighted by Gasteiger charge is 2.12. The summed E-state index contributed by atoms with van der Waals surface area (Å²) in [5, 5.41) is 2.88. The van der Waals surface area contributed by atoms with Gasteiger partial charge in [0, 0.05) is 32.6 Å². The smallest absolute Gasteiger partial charge is 0.221 e. The van der Waals surface area contributed by atoms with Crippen molar-refractivity contribution >= 4 is 5.91 Å². The Morgan fingerprint density at radius 2 is 1.95 bits per heavy atom. The molecule has 20 heavy (non-hydrogen) atoms. The highest BCUT2D eigenvalue weighted by Crippen LogP contribution is 2.17. The van der Waals surface area contributed by atoms with Crippen LogP contribution in [0.5, 0.6) is 11.5 Å². The summed E-state index contributed by atoms with van der Waals surface area (Å²) in [6.45, 7) is 4.16. The number of ether oxygens (including phenoxy) is 2. The molecule has 1 heterocycles. The molecule has 1 saturated heterocycles. The van der Waals surface area contributed by atoms with E-state index in [1.165, 1.54) is 0 Å². The lowest BCUT2D eigenvalue weighted by atomic mass is 10.3. The van der Waals surface area contributed by atoms with E-state index < -0.39 is 0 Å². The molecule has 5 heteroatoms. The average molecular weight is 278 g/mol. The van der Waals surface area contributed by atoms with Crippen molar-refractivity contribution in [3.05, 3.63) is 24.3 Å². The van der Waals surface area contributed by atoms with Crippen LogP contribution in [-0.2, 0) is 4.79 Å². The molecule has 0 atom stereocenters. The first-order valence-corrected chi connectivity index (χ1v) is 7.04. The number of hydrogen-bond acceptors (Lipinski definition) is 4. The zero-order valence-electron chi connectivity index (χ0n) is 11.9. The van der Waals surface area contributed by atoms with E-state index in [0.717, 1.165) is 44.1 Å². The fraction of sp³-hybridized carbons (Fsp3) is 0.533. The van der Waals surface area contributed by atoms with Gasteiger partial charge in [0.15, 0.2) is 0 Å². The lowest BCUT2D eigenvalue weighted by molar-refractivity contribution is -0.120. The minimum absolute atomic E-state index is 0.155. The van der Waals surface area contributed by atoms with Crippen LogP contribution in [0, 0.1) is 0 Å². The maximum absolute atomic E-state index is 11.2. The van der Waals surface area contributed by atoms with Crippen LogP contribution in [-0.4, -0.2) is 50.7 Å². The van der Waals surface area contributed by atoms with Crippen LogP contribution in [0.25, 0.3) is 0 Å². The lowest BCUT2D eigenvalue weighted by Gasteiger charge is -2.18. The van der Waals surface area contributed by atoms with Crippen molar-refractivity contribution in [3.8, 4) is 11.5 Å². The summed E-state index contributed by atoms with van der Waals surface area (Å²) in [7, 11) is 1.65. The molecule has 1 N–H and O–H groups in total. The molecule has 0 saturated carbocycles. The second-order valence-electron chi connectivity index (χ2n) is 4.82. The predicted molar refractivity (Wildman–Crippen MR) is 77.2 cm³/mol. The van der Waals surface area contributed by atoms with E-state index >= 15 is 0 Å². The van der Waals surface area contributed by atoms with Crippen molar-refractivity contribution in [2.45, 2.75) is 12.8 Å². The van der Waals surface area contributed by atoms with Gasteiger partial charge < -0.3 is 19.7 Å². The summed E-state index contributed by atoms with van der Waals surface area (Å²) in [6, 6.07) is 7.60. The van der Waals surface area contributed by atoms with Crippen LogP contribution in [0.15, 0.2) is 24.3 Å². The molecule has 1 aliphatic heterocycles. The molecular weight excluding hydrogens is 256 g/mol. The number of amides is 1. The number of hydrogen-bond donors (Lipinski definition) is 1. The second kappa shape index (κ2) is 7.75. The van der Waals surface area contributed by atoms with Crippen molar-refractivity contribution in [1.29, 1.82) is 0 Å². The molecule has 0 spiro atoms. The first kappa shape index (κ1) is 14.7. The molecule has 1 aromatic rings. The van der Waals surface area contributed by atoms with E-state index in [4.69, 9.17) is 9.47 Å². The van der Waals surface area contributed by atoms with Gasteiger partial charge in [0.1, 0.15) is 11.5 Å². The quantitative estimate of drug-likeness (QED) is 0.797. The molecule has 0 bridgehead atoms. The third-order valence-corrected chi connectivity index (χ3v) is 3.35. The average Bonchev–Trinajstić information content (AvgIpc) is 2.69. The number of benzene rings is 1. The van der Waals surface area contributed by atoms with Crippen molar-refractivity contribution in [1.82, 2.24) is 10.2 Å². The van der Waals surface area contributed by atoms with Crippen LogP contribution in [0.4, 0.5) is 0 Å². The fourth-order valence-corrected chi connectivity index (χ4v) is 2.19. The molecular formula is C15H22N2O3. The zero-order valence-corrected chi connectivity index (χ0v) is 11.9. The summed E-state index contributed by atoms with van der Waals surface area (Å²) < 4.78 is 10.8. The third kappa shape index (κ3) is 4.74. The van der Waals surface area contributed by atoms with E-state index in [0.29, 0.717) is 13.0 Å². The van der Waals surface area contributed by atoms with E-state index in [-0.39, 0.29) is 5.91 Å². The van der Waals surface area contributed by atoms with Gasteiger partial charge in [0.25, 0.3) is 0 Å². The van der Waals surface area contributed by atoms with Crippen LogP contribution in [0.2, 0.25) is 0 Å². The van der Waals surface area contributed by atoms with Gasteiger partial charge in [-0.25, -0.2) is 0 Å². The molecule has 2 rings (SSSR count). The normalized spacial score (nSPS) is 16.4. The zero-order chi connectivity index (χ0) is 14.2. The fourth-order valence-electron chi connectivity index (χ4n) is 2.19. The Hall–Kier alpha value is -1.75. The molecule has 5 nitrogen and oxygen atoms in total. The summed E-state index contributed by atoms with van der Waals surface area (Å²) in [5.41, 5.74) is 0. The number of carbonyl (C=O) groups is 1. The maximum atomic E-state index is 11.2. The molecule has 0 radical (unpaired) electrons. The van der Waals surface area contributed by atoms with Gasteiger partial charge >= 0.3 is 0 Å². The van der Waals surface area contributed by atoms with Crippen molar-refractivity contribution in [2.24, 2.45) is 0 Å². The highest BCUT2D eigenvalue weighted by atomic mass is 16.5. The minimum atomic E-state index is 0.155. The topological polar surface area (TPSA) is 50.8 Å². The van der Waals surface area contributed by atoms with Gasteiger partial charge in [-0.3, -0.25) is 4.79 Å². The van der Waals surface area contributed by atoms with Crippen molar-refractivity contribution in [3.63, 3.8) is 0 Å². The molecule has 1 amide bonds. The first-order chi connectivity index (χ1) is 9.78. The largest absolute Gasteiger partial charge is 0.497 e. The van der Waals surface area contributed by atoms with Crippen LogP contribution in [0.1, 0.15) is 12.8 Å². The molecule has 0 unspecified atom stereocenters. The van der Waals surface area contributed by atoms with Gasteiger partial charge in [0.05, 0.1) is 13.7 Å². The van der Waals surface area contributed by atoms with Crippen molar-refractivity contribution < 1.29 is 14.3 Å². The minimum Gasteiger partial charge on any atom is -0.497 e. The van der Waals surface area contributed by atoms with Gasteiger partial charge in [-0.1, -0.05) is 0 Å². The number of methoxy groups -OCH3 is 1. The van der Waals surface area contributed by atoms with Gasteiger partial charge in [-0.2, -0.15) is 0 Å². The monoisotopic (exact) mass is 278 g/mol. The molecule has 1 aliphatic rings. The van der Waals surface area contributed by atoms with Crippen molar-refractivity contribution in [2.75, 3.05) is 39.9 Å². The van der Waals surface area contributed by atoms with Gasteiger partial charge in [-0.15, -0.1) is 0 Å². The molecule has 110 valence electrons. The lowest BCUT2D eigenvalue weighted by Crippen LogP contribution is -2.30. The van der Waals surface area contributed by atoms with E-state index in [9.17, 15) is 4.79 Å². The van der Waals surface area contributed by atoms with Crippen LogP contribution < -0.4 is 14.8 Å². The Morgan fingerprint density at radius 1 is 1.20 bits per heavy atom. The van der Waals surface area contributed by atoms with Crippen LogP contribution >= 0.6 is 0 Å². The first-order valence-electron chi connectivity index (χ1n) is 7.04. The molecule has 0 aromatic heterocycles. The Balaban J connectivity index is 1.64. The third-order valence-electron chi connectivity index (χ3n) is 3.35. The standard InChI is InChI=1S/C15H22N2O3/c1-19-13-3-5-14(6-4-13)20-12-2-9-17-10-7-15(18)16-8-11-17/h3-6H,2,7-12H2,1H3,(H,16,18). The number of nitrogens with one attached hydrogen (secondary N) is 1. The molecule has 1 aromatic carbocycles. The second-order valence-corrected chi connectivity index (χ2v) is 4.82. The molecule has 0 aliphatic carbocycles. The predicted octanol–water partition coefficient (Wildman–Crippen LogP) is 1.29. The highest BCUT2D eigenvalue weighted by molar-refractivity contribution is 5.76. The number of carbonyl (C=O) groups excluding carboxylic acids is 1. The molecule has 1 fully saturated rings. The number of nitrogens with zero attached hydrogens (tertiary/aromatic N) is 1. The Labute approximate surface area is 119 Å². The Kier molecular flexibility index (Phi) is 5.68. The summed E-state index contributed by atoms with van der Waals surface area (Å²) in [5.74, 6) is 1.85. The Bertz CT molecular complexity index is 420. The summed E-state index contributed by atoms with van der Waals surface area (Å²) in [6.07, 6.45) is 1.56. The van der Waals surface area contributed by atoms with Crippen LogP contribution in [0.3, 0.4) is 0 Å². The number of rotatable bonds is 6. The van der Waals surface area contributed by atoms with E-state index in [1.807, 2.05) is 24.3 Å². The van der Waals surface area contributed by atoms with E-state index in [1.54, 1.807) is 7.11 Å². The van der Waals surface area contributed by atoms with Gasteiger partial charge in [-0.05, 0) is 30.7 Å².